The van der Waals surface area contributed by atoms with E-state index in [2.05, 4.69) is 20.8 Å². The Hall–Kier alpha value is -1.11. The van der Waals surface area contributed by atoms with Gasteiger partial charge >= 0.3 is 5.69 Å². The molecule has 0 amide bonds. The third-order valence-corrected chi connectivity index (χ3v) is 1.35. The maximum Gasteiger partial charge on any atom is 0.325 e. The zero-order valence-electron chi connectivity index (χ0n) is 7.01. The molecule has 1 aromatic heterocycles. The van der Waals surface area contributed by atoms with Gasteiger partial charge in [0.25, 0.3) is 5.56 Å². The average Bonchev–Trinajstić information content (AvgIpc) is 2.03. The first kappa shape index (κ1) is 11.9. The highest BCUT2D eigenvalue weighted by atomic mass is 35.5. The molecule has 0 spiro atoms. The van der Waals surface area contributed by atoms with Crippen LogP contribution in [-0.4, -0.2) is 17.0 Å². The van der Waals surface area contributed by atoms with Crippen LogP contribution in [0.25, 0.3) is 0 Å². The number of halogens is 1. The standard InChI is InChI=1S/C6H10N4O2.ClH/c1-7-9-3-4-2-8-6(12)10-5(4)11;/h2,7,9H,3H2,1H3,(H2,8,10,11,12);1H. The van der Waals surface area contributed by atoms with Crippen LogP contribution in [0.2, 0.25) is 0 Å². The Morgan fingerprint density at radius 2 is 2.15 bits per heavy atom. The molecular formula is C6H11ClN4O2. The number of rotatable bonds is 3. The largest absolute Gasteiger partial charge is 0.325 e. The molecule has 0 aliphatic rings. The van der Waals surface area contributed by atoms with E-state index in [4.69, 9.17) is 0 Å². The lowest BCUT2D eigenvalue weighted by molar-refractivity contribution is 0.591. The van der Waals surface area contributed by atoms with Gasteiger partial charge in [0.2, 0.25) is 0 Å². The van der Waals surface area contributed by atoms with Gasteiger partial charge in [-0.05, 0) is 7.05 Å². The smallest absolute Gasteiger partial charge is 0.314 e. The molecule has 6 nitrogen and oxygen atoms in total. The minimum Gasteiger partial charge on any atom is -0.314 e. The number of aromatic nitrogens is 2. The highest BCUT2D eigenvalue weighted by Crippen LogP contribution is 1.80. The molecule has 1 heterocycles. The summed E-state index contributed by atoms with van der Waals surface area (Å²) in [6, 6.07) is 0. The number of hydrogen-bond donors (Lipinski definition) is 4. The van der Waals surface area contributed by atoms with Crippen LogP contribution >= 0.6 is 12.4 Å². The fraction of sp³-hybridized carbons (Fsp3) is 0.333. The van der Waals surface area contributed by atoms with E-state index in [1.54, 1.807) is 7.05 Å². The quantitative estimate of drug-likeness (QED) is 0.464. The second kappa shape index (κ2) is 5.52. The van der Waals surface area contributed by atoms with Gasteiger partial charge in [-0.1, -0.05) is 0 Å². The predicted octanol–water partition coefficient (Wildman–Crippen LogP) is -1.29. The van der Waals surface area contributed by atoms with Crippen LogP contribution in [0.5, 0.6) is 0 Å². The van der Waals surface area contributed by atoms with E-state index in [-0.39, 0.29) is 18.0 Å². The Kier molecular flexibility index (Phi) is 5.05. The topological polar surface area (TPSA) is 89.8 Å². The van der Waals surface area contributed by atoms with Gasteiger partial charge in [0.05, 0.1) is 0 Å². The summed E-state index contributed by atoms with van der Waals surface area (Å²) >= 11 is 0. The van der Waals surface area contributed by atoms with Gasteiger partial charge < -0.3 is 4.98 Å². The summed E-state index contributed by atoms with van der Waals surface area (Å²) in [5.41, 5.74) is 5.01. The van der Waals surface area contributed by atoms with E-state index in [1.807, 2.05) is 0 Å². The fourth-order valence-corrected chi connectivity index (χ4v) is 0.753. The summed E-state index contributed by atoms with van der Waals surface area (Å²) in [5.74, 6) is 0. The average molecular weight is 207 g/mol. The van der Waals surface area contributed by atoms with Gasteiger partial charge in [0, 0.05) is 18.3 Å². The Bertz CT molecular complexity index is 358. The first-order chi connectivity index (χ1) is 5.74. The van der Waals surface area contributed by atoms with Crippen molar-refractivity contribution >= 4 is 12.4 Å². The summed E-state index contributed by atoms with van der Waals surface area (Å²) in [6.45, 7) is 0.364. The Morgan fingerprint density at radius 3 is 2.69 bits per heavy atom. The lowest BCUT2D eigenvalue weighted by Crippen LogP contribution is -2.32. The Balaban J connectivity index is 0.00000144. The first-order valence-corrected chi connectivity index (χ1v) is 3.44. The van der Waals surface area contributed by atoms with E-state index < -0.39 is 5.69 Å². The highest BCUT2D eigenvalue weighted by Gasteiger charge is 1.97. The van der Waals surface area contributed by atoms with Gasteiger partial charge in [0.1, 0.15) is 0 Å². The minimum atomic E-state index is -0.492. The van der Waals surface area contributed by atoms with Crippen LogP contribution < -0.4 is 22.1 Å². The van der Waals surface area contributed by atoms with Crippen molar-refractivity contribution in [2.24, 2.45) is 0 Å². The van der Waals surface area contributed by atoms with Crippen molar-refractivity contribution in [2.75, 3.05) is 7.05 Å². The van der Waals surface area contributed by atoms with E-state index in [1.165, 1.54) is 6.20 Å². The molecule has 7 heteroatoms. The van der Waals surface area contributed by atoms with Crippen LogP contribution in [0.3, 0.4) is 0 Å². The summed E-state index contributed by atoms with van der Waals surface area (Å²) in [6.07, 6.45) is 1.38. The molecule has 4 N–H and O–H groups in total. The molecule has 0 aliphatic carbocycles. The van der Waals surface area contributed by atoms with Crippen LogP contribution in [0.1, 0.15) is 5.56 Å². The molecule has 1 rings (SSSR count). The molecule has 0 fully saturated rings. The highest BCUT2D eigenvalue weighted by molar-refractivity contribution is 5.85. The summed E-state index contributed by atoms with van der Waals surface area (Å²) in [5, 5.41) is 0. The molecule has 1 aromatic rings. The fourth-order valence-electron chi connectivity index (χ4n) is 0.753. The zero-order valence-corrected chi connectivity index (χ0v) is 7.83. The van der Waals surface area contributed by atoms with Crippen molar-refractivity contribution in [2.45, 2.75) is 6.54 Å². The summed E-state index contributed by atoms with van der Waals surface area (Å²) in [7, 11) is 1.69. The molecule has 13 heavy (non-hydrogen) atoms. The van der Waals surface area contributed by atoms with Crippen molar-refractivity contribution in [1.29, 1.82) is 0 Å². The van der Waals surface area contributed by atoms with Crippen molar-refractivity contribution in [3.05, 3.63) is 32.6 Å². The number of H-pyrrole nitrogens is 2. The normalized spacial score (nSPS) is 9.31. The molecule has 0 unspecified atom stereocenters. The number of hydrazine groups is 1. The van der Waals surface area contributed by atoms with Crippen molar-refractivity contribution in [1.82, 2.24) is 20.8 Å². The maximum atomic E-state index is 11.0. The van der Waals surface area contributed by atoms with Gasteiger partial charge in [-0.15, -0.1) is 12.4 Å². The number of nitrogens with one attached hydrogen (secondary N) is 4. The van der Waals surface area contributed by atoms with E-state index in [0.717, 1.165) is 0 Å². The van der Waals surface area contributed by atoms with Gasteiger partial charge in [-0.3, -0.25) is 20.6 Å². The number of hydrogen-bond acceptors (Lipinski definition) is 4. The van der Waals surface area contributed by atoms with E-state index in [9.17, 15) is 9.59 Å². The SMILES string of the molecule is CNNCc1c[nH]c(=O)[nH]c1=O.Cl. The van der Waals surface area contributed by atoms with Crippen molar-refractivity contribution in [3.63, 3.8) is 0 Å². The van der Waals surface area contributed by atoms with Crippen LogP contribution in [-0.2, 0) is 6.54 Å². The third-order valence-electron chi connectivity index (χ3n) is 1.35. The second-order valence-corrected chi connectivity index (χ2v) is 2.20. The second-order valence-electron chi connectivity index (χ2n) is 2.20. The molecule has 0 radical (unpaired) electrons. The van der Waals surface area contributed by atoms with Crippen LogP contribution in [0, 0.1) is 0 Å². The summed E-state index contributed by atoms with van der Waals surface area (Å²) < 4.78 is 0. The molecule has 74 valence electrons. The maximum absolute atomic E-state index is 11.0. The van der Waals surface area contributed by atoms with Crippen molar-refractivity contribution in [3.8, 4) is 0 Å². The lowest BCUT2D eigenvalue weighted by Gasteiger charge is -1.99. The molecule has 0 saturated heterocycles. The number of aromatic amines is 2. The first-order valence-electron chi connectivity index (χ1n) is 3.44. The van der Waals surface area contributed by atoms with E-state index in [0.29, 0.717) is 12.1 Å². The molecule has 0 bridgehead atoms. The Labute approximate surface area is 80.1 Å². The molecule has 0 saturated carbocycles. The predicted molar refractivity (Wildman–Crippen MR) is 50.8 cm³/mol. The van der Waals surface area contributed by atoms with Gasteiger partial charge in [-0.2, -0.15) is 0 Å². The lowest BCUT2D eigenvalue weighted by atomic mass is 10.3. The van der Waals surface area contributed by atoms with Crippen LogP contribution in [0.4, 0.5) is 0 Å². The minimum absolute atomic E-state index is 0. The van der Waals surface area contributed by atoms with E-state index >= 15 is 0 Å². The molecule has 0 atom stereocenters. The summed E-state index contributed by atoms with van der Waals surface area (Å²) in [4.78, 5) is 26.1. The zero-order chi connectivity index (χ0) is 8.97. The molecule has 0 aromatic carbocycles. The third kappa shape index (κ3) is 3.41. The molecule has 0 aliphatic heterocycles. The molecular weight excluding hydrogens is 196 g/mol. The monoisotopic (exact) mass is 206 g/mol. The van der Waals surface area contributed by atoms with Gasteiger partial charge in [-0.25, -0.2) is 4.79 Å². The van der Waals surface area contributed by atoms with Crippen molar-refractivity contribution < 1.29 is 0 Å². The van der Waals surface area contributed by atoms with Crippen LogP contribution in [0.15, 0.2) is 15.8 Å². The Morgan fingerprint density at radius 1 is 1.46 bits per heavy atom. The van der Waals surface area contributed by atoms with Gasteiger partial charge in [0.15, 0.2) is 0 Å².